The van der Waals surface area contributed by atoms with Crippen LogP contribution in [0.3, 0.4) is 0 Å². The highest BCUT2D eigenvalue weighted by molar-refractivity contribution is 7.89. The van der Waals surface area contributed by atoms with Crippen LogP contribution in [0.1, 0.15) is 5.82 Å². The number of aromatic nitrogens is 4. The SMILES string of the molecule is COc1ccc(-n2nnnc2CNS(=O)(=O)c2ccc(F)cc2F)cc1. The normalized spacial score (nSPS) is 11.5. The van der Waals surface area contributed by atoms with Gasteiger partial charge in [-0.3, -0.25) is 0 Å². The highest BCUT2D eigenvalue weighted by atomic mass is 32.2. The van der Waals surface area contributed by atoms with E-state index in [1.807, 2.05) is 0 Å². The van der Waals surface area contributed by atoms with Crippen LogP contribution in [0.5, 0.6) is 5.75 Å². The van der Waals surface area contributed by atoms with Gasteiger partial charge in [0.05, 0.1) is 19.3 Å². The van der Waals surface area contributed by atoms with E-state index >= 15 is 0 Å². The molecule has 0 atom stereocenters. The predicted molar refractivity (Wildman–Crippen MR) is 86.1 cm³/mol. The number of hydrogen-bond donors (Lipinski definition) is 1. The van der Waals surface area contributed by atoms with Gasteiger partial charge in [0.25, 0.3) is 0 Å². The van der Waals surface area contributed by atoms with Crippen molar-refractivity contribution in [3.05, 3.63) is 59.9 Å². The van der Waals surface area contributed by atoms with E-state index in [2.05, 4.69) is 20.2 Å². The molecule has 3 aromatic rings. The van der Waals surface area contributed by atoms with Gasteiger partial charge in [-0.05, 0) is 46.8 Å². The van der Waals surface area contributed by atoms with Crippen LogP contribution in [-0.4, -0.2) is 35.7 Å². The summed E-state index contributed by atoms with van der Waals surface area (Å²) in [5, 5.41) is 11.1. The zero-order chi connectivity index (χ0) is 18.7. The van der Waals surface area contributed by atoms with Crippen LogP contribution in [0.2, 0.25) is 0 Å². The van der Waals surface area contributed by atoms with Gasteiger partial charge in [-0.1, -0.05) is 0 Å². The van der Waals surface area contributed by atoms with Crippen molar-refractivity contribution in [3.63, 3.8) is 0 Å². The fraction of sp³-hybridized carbons (Fsp3) is 0.133. The molecule has 1 aromatic heterocycles. The third-order valence-corrected chi connectivity index (χ3v) is 4.89. The van der Waals surface area contributed by atoms with Gasteiger partial charge in [0.2, 0.25) is 10.0 Å². The second-order valence-electron chi connectivity index (χ2n) is 5.10. The minimum absolute atomic E-state index is 0.182. The van der Waals surface area contributed by atoms with E-state index in [-0.39, 0.29) is 12.4 Å². The number of halogens is 2. The molecule has 1 N–H and O–H groups in total. The number of ether oxygens (including phenoxy) is 1. The predicted octanol–water partition coefficient (Wildman–Crippen LogP) is 1.43. The molecule has 0 unspecified atom stereocenters. The van der Waals surface area contributed by atoms with E-state index in [4.69, 9.17) is 4.74 Å². The molecular formula is C15H13F2N5O3S. The summed E-state index contributed by atoms with van der Waals surface area (Å²) in [6, 6.07) is 8.96. The second kappa shape index (κ2) is 7.14. The molecule has 3 rings (SSSR count). The summed E-state index contributed by atoms with van der Waals surface area (Å²) in [5.41, 5.74) is 0.581. The Balaban J connectivity index is 1.81. The molecule has 0 saturated heterocycles. The lowest BCUT2D eigenvalue weighted by molar-refractivity contribution is 0.414. The first-order valence-corrected chi connectivity index (χ1v) is 8.75. The molecule has 0 aliphatic carbocycles. The smallest absolute Gasteiger partial charge is 0.243 e. The molecule has 11 heteroatoms. The van der Waals surface area contributed by atoms with Gasteiger partial charge in [0.1, 0.15) is 22.3 Å². The highest BCUT2D eigenvalue weighted by Crippen LogP contribution is 2.17. The number of nitrogens with zero attached hydrogens (tertiary/aromatic N) is 4. The summed E-state index contributed by atoms with van der Waals surface area (Å²) in [4.78, 5) is -0.664. The number of hydrogen-bond acceptors (Lipinski definition) is 6. The van der Waals surface area contributed by atoms with Gasteiger partial charge in [-0.15, -0.1) is 5.10 Å². The quantitative estimate of drug-likeness (QED) is 0.694. The Labute approximate surface area is 147 Å². The summed E-state index contributed by atoms with van der Waals surface area (Å²) in [6.07, 6.45) is 0. The Morgan fingerprint density at radius 2 is 1.88 bits per heavy atom. The lowest BCUT2D eigenvalue weighted by Gasteiger charge is -2.08. The second-order valence-corrected chi connectivity index (χ2v) is 6.84. The molecule has 26 heavy (non-hydrogen) atoms. The van der Waals surface area contributed by atoms with E-state index in [9.17, 15) is 17.2 Å². The number of sulfonamides is 1. The van der Waals surface area contributed by atoms with Crippen molar-refractivity contribution in [2.24, 2.45) is 0 Å². The number of benzene rings is 2. The number of methoxy groups -OCH3 is 1. The molecule has 1 heterocycles. The molecule has 136 valence electrons. The van der Waals surface area contributed by atoms with Gasteiger partial charge >= 0.3 is 0 Å². The maximum atomic E-state index is 13.7. The fourth-order valence-corrected chi connectivity index (χ4v) is 3.21. The van der Waals surface area contributed by atoms with Crippen LogP contribution in [0.4, 0.5) is 8.78 Å². The molecule has 0 amide bonds. The molecule has 0 aliphatic heterocycles. The van der Waals surface area contributed by atoms with E-state index in [0.29, 0.717) is 17.5 Å². The van der Waals surface area contributed by atoms with Gasteiger partial charge in [0, 0.05) is 6.07 Å². The Bertz CT molecular complexity index is 1020. The molecule has 0 saturated carbocycles. The minimum atomic E-state index is -4.21. The maximum absolute atomic E-state index is 13.7. The molecular weight excluding hydrogens is 368 g/mol. The number of rotatable bonds is 6. The van der Waals surface area contributed by atoms with Gasteiger partial charge < -0.3 is 4.74 Å². The van der Waals surface area contributed by atoms with Crippen molar-refractivity contribution in [3.8, 4) is 11.4 Å². The monoisotopic (exact) mass is 381 g/mol. The van der Waals surface area contributed by atoms with E-state index in [0.717, 1.165) is 12.1 Å². The van der Waals surface area contributed by atoms with E-state index in [1.165, 1.54) is 11.8 Å². The first kappa shape index (κ1) is 17.9. The average molecular weight is 381 g/mol. The Morgan fingerprint density at radius 1 is 1.15 bits per heavy atom. The van der Waals surface area contributed by atoms with Crippen LogP contribution < -0.4 is 9.46 Å². The van der Waals surface area contributed by atoms with Crippen molar-refractivity contribution >= 4 is 10.0 Å². The molecule has 0 fully saturated rings. The van der Waals surface area contributed by atoms with Crippen molar-refractivity contribution in [2.45, 2.75) is 11.4 Å². The van der Waals surface area contributed by atoms with Gasteiger partial charge in [-0.2, -0.15) is 4.68 Å². The summed E-state index contributed by atoms with van der Waals surface area (Å²) < 4.78 is 59.7. The number of nitrogens with one attached hydrogen (secondary N) is 1. The van der Waals surface area contributed by atoms with Crippen molar-refractivity contribution < 1.29 is 21.9 Å². The van der Waals surface area contributed by atoms with Gasteiger partial charge in [0.15, 0.2) is 5.82 Å². The molecule has 8 nitrogen and oxygen atoms in total. The summed E-state index contributed by atoms with van der Waals surface area (Å²) >= 11 is 0. The van der Waals surface area contributed by atoms with Crippen molar-refractivity contribution in [1.29, 1.82) is 0 Å². The van der Waals surface area contributed by atoms with Crippen LogP contribution >= 0.6 is 0 Å². The summed E-state index contributed by atoms with van der Waals surface area (Å²) in [7, 11) is -2.69. The average Bonchev–Trinajstić information content (AvgIpc) is 3.08. The first-order chi connectivity index (χ1) is 12.4. The van der Waals surface area contributed by atoms with Gasteiger partial charge in [-0.25, -0.2) is 21.9 Å². The summed E-state index contributed by atoms with van der Waals surface area (Å²) in [5.74, 6) is -1.24. The highest BCUT2D eigenvalue weighted by Gasteiger charge is 2.21. The molecule has 0 aliphatic rings. The van der Waals surface area contributed by atoms with Crippen LogP contribution in [0.15, 0.2) is 47.4 Å². The minimum Gasteiger partial charge on any atom is -0.497 e. The third-order valence-electron chi connectivity index (χ3n) is 3.45. The maximum Gasteiger partial charge on any atom is 0.243 e. The lowest BCUT2D eigenvalue weighted by atomic mass is 10.3. The molecule has 2 aromatic carbocycles. The third kappa shape index (κ3) is 3.68. The van der Waals surface area contributed by atoms with Crippen LogP contribution in [-0.2, 0) is 16.6 Å². The zero-order valence-corrected chi connectivity index (χ0v) is 14.2. The van der Waals surface area contributed by atoms with E-state index < -0.39 is 26.6 Å². The standard InChI is InChI=1S/C15H13F2N5O3S/c1-25-12-5-3-11(4-6-12)22-15(19-20-21-22)9-18-26(23,24)14-7-2-10(16)8-13(14)17/h2-8,18H,9H2,1H3. The topological polar surface area (TPSA) is 99.0 Å². The molecule has 0 bridgehead atoms. The molecule has 0 radical (unpaired) electrons. The van der Waals surface area contributed by atoms with Crippen molar-refractivity contribution in [1.82, 2.24) is 24.9 Å². The Hall–Kier alpha value is -2.92. The van der Waals surface area contributed by atoms with Crippen LogP contribution in [0.25, 0.3) is 5.69 Å². The zero-order valence-electron chi connectivity index (χ0n) is 13.4. The van der Waals surface area contributed by atoms with E-state index in [1.54, 1.807) is 24.3 Å². The lowest BCUT2D eigenvalue weighted by Crippen LogP contribution is -2.26. The fourth-order valence-electron chi connectivity index (χ4n) is 2.17. The van der Waals surface area contributed by atoms with Crippen LogP contribution in [0, 0.1) is 11.6 Å². The molecule has 0 spiro atoms. The Morgan fingerprint density at radius 3 is 2.54 bits per heavy atom. The largest absolute Gasteiger partial charge is 0.497 e. The van der Waals surface area contributed by atoms with Crippen molar-refractivity contribution in [2.75, 3.05) is 7.11 Å². The number of tetrazole rings is 1. The first-order valence-electron chi connectivity index (χ1n) is 7.27. The Kier molecular flexibility index (Phi) is 4.91. The summed E-state index contributed by atoms with van der Waals surface area (Å²) in [6.45, 7) is -0.293.